The molecule has 2 aromatic heterocycles. The maximum Gasteiger partial charge on any atom is 0.416 e. The van der Waals surface area contributed by atoms with E-state index in [1.165, 1.54) is 21.8 Å². The highest BCUT2D eigenvalue weighted by Crippen LogP contribution is 2.29. The van der Waals surface area contributed by atoms with Crippen molar-refractivity contribution in [2.24, 2.45) is 0 Å². The minimum absolute atomic E-state index is 0.113. The second kappa shape index (κ2) is 9.18. The summed E-state index contributed by atoms with van der Waals surface area (Å²) in [5.74, 6) is -0.509. The van der Waals surface area contributed by atoms with Gasteiger partial charge in [0.25, 0.3) is 11.5 Å². The van der Waals surface area contributed by atoms with Crippen molar-refractivity contribution < 1.29 is 18.0 Å². The van der Waals surface area contributed by atoms with Gasteiger partial charge in [0.2, 0.25) is 0 Å². The molecule has 0 aliphatic rings. The Morgan fingerprint density at radius 3 is 2.42 bits per heavy atom. The van der Waals surface area contributed by atoms with E-state index in [-0.39, 0.29) is 24.2 Å². The lowest BCUT2D eigenvalue weighted by Gasteiger charge is -2.09. The van der Waals surface area contributed by atoms with Gasteiger partial charge in [0, 0.05) is 16.6 Å². The molecule has 11 heteroatoms. The fourth-order valence-electron chi connectivity index (χ4n) is 3.25. The Bertz CT molecular complexity index is 1350. The van der Waals surface area contributed by atoms with Crippen LogP contribution in [0.2, 0.25) is 0 Å². The van der Waals surface area contributed by atoms with Crippen molar-refractivity contribution in [1.82, 2.24) is 24.6 Å². The molecule has 2 aromatic carbocycles. The molecular formula is C22H17BrF3N5O2. The van der Waals surface area contributed by atoms with Crippen LogP contribution in [0.5, 0.6) is 0 Å². The van der Waals surface area contributed by atoms with Crippen LogP contribution in [0.1, 0.15) is 21.5 Å². The van der Waals surface area contributed by atoms with Crippen LogP contribution in [0.3, 0.4) is 0 Å². The smallest absolute Gasteiger partial charge is 0.350 e. The van der Waals surface area contributed by atoms with E-state index in [1.807, 2.05) is 24.3 Å². The Morgan fingerprint density at radius 1 is 1.06 bits per heavy atom. The van der Waals surface area contributed by atoms with Gasteiger partial charge in [-0.25, -0.2) is 9.67 Å². The Kier molecular flexibility index (Phi) is 6.32. The average molecular weight is 520 g/mol. The molecule has 0 aliphatic carbocycles. The van der Waals surface area contributed by atoms with Crippen LogP contribution in [-0.2, 0) is 19.3 Å². The van der Waals surface area contributed by atoms with E-state index in [2.05, 4.69) is 31.3 Å². The Morgan fingerprint density at radius 2 is 1.76 bits per heavy atom. The van der Waals surface area contributed by atoms with E-state index in [0.717, 1.165) is 34.3 Å². The number of aromatic nitrogens is 4. The highest BCUT2D eigenvalue weighted by molar-refractivity contribution is 9.10. The van der Waals surface area contributed by atoms with Crippen molar-refractivity contribution >= 4 is 32.9 Å². The first-order chi connectivity index (χ1) is 15.7. The maximum atomic E-state index is 12.8. The zero-order valence-electron chi connectivity index (χ0n) is 17.0. The minimum Gasteiger partial charge on any atom is -0.350 e. The lowest BCUT2D eigenvalue weighted by atomic mass is 10.1. The molecule has 7 nitrogen and oxygen atoms in total. The number of amides is 1. The predicted octanol–water partition coefficient (Wildman–Crippen LogP) is 3.85. The summed E-state index contributed by atoms with van der Waals surface area (Å²) in [5.41, 5.74) is 0.389. The number of hydrogen-bond donors (Lipinski definition) is 1. The molecule has 0 radical (unpaired) electrons. The Labute approximate surface area is 194 Å². The van der Waals surface area contributed by atoms with Crippen molar-refractivity contribution in [2.45, 2.75) is 19.3 Å². The van der Waals surface area contributed by atoms with Crippen molar-refractivity contribution in [3.8, 4) is 0 Å². The Balaban J connectivity index is 1.41. The number of fused-ring (bicyclic) bond motifs is 1. The number of benzene rings is 2. The maximum absolute atomic E-state index is 12.8. The summed E-state index contributed by atoms with van der Waals surface area (Å²) >= 11 is 3.37. The number of nitrogens with zero attached hydrogens (tertiary/aromatic N) is 4. The summed E-state index contributed by atoms with van der Waals surface area (Å²) in [7, 11) is 0. The summed E-state index contributed by atoms with van der Waals surface area (Å²) < 4.78 is 41.9. The normalized spacial score (nSPS) is 11.6. The highest BCUT2D eigenvalue weighted by atomic mass is 79.9. The van der Waals surface area contributed by atoms with Gasteiger partial charge in [-0.05, 0) is 42.0 Å². The number of alkyl halides is 3. The van der Waals surface area contributed by atoms with E-state index in [9.17, 15) is 22.8 Å². The summed E-state index contributed by atoms with van der Waals surface area (Å²) in [5, 5.41) is 7.16. The second-order valence-corrected chi connectivity index (χ2v) is 8.16. The van der Waals surface area contributed by atoms with Crippen LogP contribution < -0.4 is 10.9 Å². The van der Waals surface area contributed by atoms with Gasteiger partial charge in [-0.1, -0.05) is 28.1 Å². The average Bonchev–Trinajstić information content (AvgIpc) is 3.20. The highest BCUT2D eigenvalue weighted by Gasteiger charge is 2.30. The summed E-state index contributed by atoms with van der Waals surface area (Å²) in [6, 6.07) is 11.6. The molecule has 1 N–H and O–H groups in total. The molecule has 0 bridgehead atoms. The van der Waals surface area contributed by atoms with Crippen LogP contribution in [0.4, 0.5) is 13.2 Å². The van der Waals surface area contributed by atoms with Gasteiger partial charge >= 0.3 is 6.18 Å². The molecule has 4 rings (SSSR count). The third-order valence-corrected chi connectivity index (χ3v) is 5.50. The van der Waals surface area contributed by atoms with Crippen LogP contribution in [0, 0.1) is 0 Å². The molecule has 0 saturated heterocycles. The van der Waals surface area contributed by atoms with Gasteiger partial charge in [0.05, 0.1) is 24.8 Å². The van der Waals surface area contributed by atoms with E-state index in [1.54, 1.807) is 0 Å². The number of nitrogens with one attached hydrogen (secondary N) is 1. The molecule has 4 aromatic rings. The van der Waals surface area contributed by atoms with Crippen LogP contribution in [0.25, 0.3) is 11.0 Å². The van der Waals surface area contributed by atoms with Gasteiger partial charge in [-0.3, -0.25) is 14.2 Å². The van der Waals surface area contributed by atoms with Crippen LogP contribution in [-0.4, -0.2) is 31.8 Å². The molecule has 1 amide bonds. The van der Waals surface area contributed by atoms with Crippen LogP contribution in [0.15, 0.2) is 70.3 Å². The minimum atomic E-state index is -4.46. The quantitative estimate of drug-likeness (QED) is 0.419. The van der Waals surface area contributed by atoms with Crippen LogP contribution >= 0.6 is 15.9 Å². The van der Waals surface area contributed by atoms with Gasteiger partial charge < -0.3 is 5.32 Å². The van der Waals surface area contributed by atoms with Gasteiger partial charge in [-0.2, -0.15) is 18.3 Å². The Hall–Kier alpha value is -3.47. The molecular weight excluding hydrogens is 503 g/mol. The number of halogens is 4. The number of hydrogen-bond acceptors (Lipinski definition) is 4. The zero-order chi connectivity index (χ0) is 23.6. The monoisotopic (exact) mass is 519 g/mol. The first-order valence-corrected chi connectivity index (χ1v) is 10.6. The third kappa shape index (κ3) is 5.14. The van der Waals surface area contributed by atoms with Gasteiger partial charge in [0.15, 0.2) is 5.65 Å². The molecule has 0 saturated carbocycles. The fourth-order valence-corrected chi connectivity index (χ4v) is 3.51. The second-order valence-electron chi connectivity index (χ2n) is 7.24. The van der Waals surface area contributed by atoms with Crippen molar-refractivity contribution in [2.75, 3.05) is 6.54 Å². The number of carbonyl (C=O) groups excluding carboxylic acids is 1. The predicted molar refractivity (Wildman–Crippen MR) is 119 cm³/mol. The lowest BCUT2D eigenvalue weighted by molar-refractivity contribution is -0.137. The molecule has 0 fully saturated rings. The molecule has 33 heavy (non-hydrogen) atoms. The first kappa shape index (κ1) is 22.7. The number of carbonyl (C=O) groups is 1. The van der Waals surface area contributed by atoms with E-state index in [0.29, 0.717) is 17.6 Å². The van der Waals surface area contributed by atoms with Crippen molar-refractivity contribution in [1.29, 1.82) is 0 Å². The summed E-state index contributed by atoms with van der Waals surface area (Å²) in [6.45, 7) is 0.753. The van der Waals surface area contributed by atoms with Gasteiger partial charge in [0.1, 0.15) is 11.7 Å². The zero-order valence-corrected chi connectivity index (χ0v) is 18.6. The first-order valence-electron chi connectivity index (χ1n) is 9.83. The SMILES string of the molecule is O=C(NCCn1ncc2c(=O)n(Cc3ccc(Br)cc3)cnc21)c1ccc(C(F)(F)F)cc1. The largest absolute Gasteiger partial charge is 0.416 e. The van der Waals surface area contributed by atoms with E-state index in [4.69, 9.17) is 0 Å². The van der Waals surface area contributed by atoms with Gasteiger partial charge in [-0.15, -0.1) is 0 Å². The van der Waals surface area contributed by atoms with E-state index < -0.39 is 17.6 Å². The molecule has 0 aliphatic heterocycles. The standard InChI is InChI=1S/C22H17BrF3N5O2/c23-17-7-1-14(2-8-17)12-30-13-28-19-18(21(30)33)11-29-31(19)10-9-27-20(32)15-3-5-16(6-4-15)22(24,25)26/h1-8,11,13H,9-10,12H2,(H,27,32). The summed E-state index contributed by atoms with van der Waals surface area (Å²) in [6.07, 6.45) is -1.58. The third-order valence-electron chi connectivity index (χ3n) is 4.97. The molecule has 0 spiro atoms. The number of rotatable bonds is 6. The fraction of sp³-hybridized carbons (Fsp3) is 0.182. The molecule has 0 atom stereocenters. The lowest BCUT2D eigenvalue weighted by Crippen LogP contribution is -2.28. The van der Waals surface area contributed by atoms with E-state index >= 15 is 0 Å². The van der Waals surface area contributed by atoms with Crippen molar-refractivity contribution in [3.05, 3.63) is 92.6 Å². The molecule has 170 valence electrons. The topological polar surface area (TPSA) is 81.8 Å². The molecule has 0 unspecified atom stereocenters. The molecule has 2 heterocycles. The van der Waals surface area contributed by atoms with Crippen molar-refractivity contribution in [3.63, 3.8) is 0 Å². The summed E-state index contributed by atoms with van der Waals surface area (Å²) in [4.78, 5) is 29.3.